The fourth-order valence-electron chi connectivity index (χ4n) is 1.98. The first-order valence-corrected chi connectivity index (χ1v) is 7.21. The second kappa shape index (κ2) is 8.18. The zero-order valence-corrected chi connectivity index (χ0v) is 12.5. The summed E-state index contributed by atoms with van der Waals surface area (Å²) in [5.74, 6) is 0.424. The summed E-state index contributed by atoms with van der Waals surface area (Å²) in [5.41, 5.74) is 6.64. The first kappa shape index (κ1) is 16.0. The fourth-order valence-corrected chi connectivity index (χ4v) is 2.17. The Balaban J connectivity index is 2.68. The van der Waals surface area contributed by atoms with Crippen LogP contribution in [0.5, 0.6) is 0 Å². The molecule has 0 aromatic heterocycles. The lowest BCUT2D eigenvalue weighted by atomic mass is 10.0. The zero-order chi connectivity index (χ0) is 14.3. The third kappa shape index (κ3) is 4.84. The highest BCUT2D eigenvalue weighted by atomic mass is 35.5. The second-order valence-corrected chi connectivity index (χ2v) is 5.12. The Bertz CT molecular complexity index is 405. The number of halogens is 1. The van der Waals surface area contributed by atoms with Crippen molar-refractivity contribution in [2.24, 2.45) is 11.7 Å². The number of benzene rings is 1. The van der Waals surface area contributed by atoms with E-state index in [0.29, 0.717) is 31.1 Å². The monoisotopic (exact) mass is 282 g/mol. The molecule has 1 aromatic carbocycles. The number of carbonyl (C=O) groups is 1. The molecule has 0 saturated carbocycles. The maximum atomic E-state index is 12.2. The van der Waals surface area contributed by atoms with E-state index in [1.54, 1.807) is 0 Å². The van der Waals surface area contributed by atoms with Crippen LogP contribution in [0.4, 0.5) is 0 Å². The highest BCUT2D eigenvalue weighted by Crippen LogP contribution is 2.18. The summed E-state index contributed by atoms with van der Waals surface area (Å²) in [7, 11) is 0. The number of nitrogens with zero attached hydrogens (tertiary/aromatic N) is 1. The van der Waals surface area contributed by atoms with Crippen LogP contribution in [0, 0.1) is 5.92 Å². The van der Waals surface area contributed by atoms with Crippen molar-refractivity contribution < 1.29 is 4.79 Å². The van der Waals surface area contributed by atoms with E-state index in [2.05, 4.69) is 6.92 Å². The second-order valence-electron chi connectivity index (χ2n) is 4.71. The van der Waals surface area contributed by atoms with Crippen molar-refractivity contribution in [3.05, 3.63) is 34.9 Å². The molecule has 0 heterocycles. The van der Waals surface area contributed by atoms with Gasteiger partial charge in [-0.15, -0.1) is 0 Å². The summed E-state index contributed by atoms with van der Waals surface area (Å²) < 4.78 is 0. The van der Waals surface area contributed by atoms with Gasteiger partial charge in [0.15, 0.2) is 0 Å². The first-order valence-electron chi connectivity index (χ1n) is 6.83. The van der Waals surface area contributed by atoms with Gasteiger partial charge in [0.05, 0.1) is 0 Å². The molecule has 19 heavy (non-hydrogen) atoms. The summed E-state index contributed by atoms with van der Waals surface area (Å²) in [6.45, 7) is 5.86. The zero-order valence-electron chi connectivity index (χ0n) is 11.7. The maximum Gasteiger partial charge on any atom is 0.223 e. The minimum Gasteiger partial charge on any atom is -0.339 e. The quantitative estimate of drug-likeness (QED) is 0.835. The minimum atomic E-state index is 0.153. The molecular formula is C15H23ClN2O. The Morgan fingerprint density at radius 1 is 1.37 bits per heavy atom. The van der Waals surface area contributed by atoms with Gasteiger partial charge in [-0.05, 0) is 31.0 Å². The van der Waals surface area contributed by atoms with Crippen LogP contribution < -0.4 is 5.73 Å². The Morgan fingerprint density at radius 3 is 2.58 bits per heavy atom. The molecule has 0 fully saturated rings. The van der Waals surface area contributed by atoms with Gasteiger partial charge in [-0.1, -0.05) is 43.1 Å². The summed E-state index contributed by atoms with van der Waals surface area (Å²) >= 11 is 6.13. The van der Waals surface area contributed by atoms with Crippen molar-refractivity contribution in [2.75, 3.05) is 13.1 Å². The number of carbonyl (C=O) groups excluding carboxylic acids is 1. The Hall–Kier alpha value is -1.06. The minimum absolute atomic E-state index is 0.153. The average Bonchev–Trinajstić information content (AvgIpc) is 2.43. The smallest absolute Gasteiger partial charge is 0.223 e. The van der Waals surface area contributed by atoms with Crippen molar-refractivity contribution >= 4 is 17.5 Å². The number of rotatable bonds is 7. The van der Waals surface area contributed by atoms with Crippen molar-refractivity contribution in [1.29, 1.82) is 0 Å². The van der Waals surface area contributed by atoms with Crippen molar-refractivity contribution in [3.8, 4) is 0 Å². The van der Waals surface area contributed by atoms with E-state index in [0.717, 1.165) is 12.0 Å². The molecular weight excluding hydrogens is 260 g/mol. The lowest BCUT2D eigenvalue weighted by Gasteiger charge is -2.23. The standard InChI is InChI=1S/C15H23ClN2O/c1-3-12(10-17)9-15(19)18(4-2)11-13-7-5-6-8-14(13)16/h5-8,12H,3-4,9-11,17H2,1-2H3. The molecule has 0 spiro atoms. The van der Waals surface area contributed by atoms with Crippen LogP contribution in [0.2, 0.25) is 5.02 Å². The lowest BCUT2D eigenvalue weighted by Crippen LogP contribution is -2.33. The van der Waals surface area contributed by atoms with Crippen molar-refractivity contribution in [3.63, 3.8) is 0 Å². The molecule has 1 unspecified atom stereocenters. The molecule has 1 amide bonds. The summed E-state index contributed by atoms with van der Waals surface area (Å²) in [6.07, 6.45) is 1.46. The largest absolute Gasteiger partial charge is 0.339 e. The predicted octanol–water partition coefficient (Wildman–Crippen LogP) is 3.06. The van der Waals surface area contributed by atoms with Crippen LogP contribution in [0.25, 0.3) is 0 Å². The van der Waals surface area contributed by atoms with Crippen LogP contribution in [-0.2, 0) is 11.3 Å². The van der Waals surface area contributed by atoms with Gasteiger partial charge in [-0.2, -0.15) is 0 Å². The molecule has 0 aliphatic carbocycles. The molecule has 1 rings (SSSR count). The molecule has 4 heteroatoms. The summed E-state index contributed by atoms with van der Waals surface area (Å²) in [5, 5.41) is 0.708. The molecule has 1 atom stereocenters. The highest BCUT2D eigenvalue weighted by Gasteiger charge is 2.17. The van der Waals surface area contributed by atoms with Crippen LogP contribution >= 0.6 is 11.6 Å². The molecule has 0 aliphatic rings. The molecule has 0 radical (unpaired) electrons. The van der Waals surface area contributed by atoms with Gasteiger partial charge in [-0.25, -0.2) is 0 Å². The highest BCUT2D eigenvalue weighted by molar-refractivity contribution is 6.31. The number of amides is 1. The van der Waals surface area contributed by atoms with E-state index in [1.165, 1.54) is 0 Å². The maximum absolute atomic E-state index is 12.2. The van der Waals surface area contributed by atoms with Crippen molar-refractivity contribution in [2.45, 2.75) is 33.2 Å². The topological polar surface area (TPSA) is 46.3 Å². The van der Waals surface area contributed by atoms with Gasteiger partial charge >= 0.3 is 0 Å². The van der Waals surface area contributed by atoms with Gasteiger partial charge < -0.3 is 10.6 Å². The van der Waals surface area contributed by atoms with Gasteiger partial charge in [0.2, 0.25) is 5.91 Å². The van der Waals surface area contributed by atoms with Crippen molar-refractivity contribution in [1.82, 2.24) is 4.90 Å². The average molecular weight is 283 g/mol. The van der Waals surface area contributed by atoms with Crippen LogP contribution in [0.3, 0.4) is 0 Å². The fraction of sp³-hybridized carbons (Fsp3) is 0.533. The van der Waals surface area contributed by atoms with Crippen LogP contribution in [0.1, 0.15) is 32.3 Å². The lowest BCUT2D eigenvalue weighted by molar-refractivity contribution is -0.132. The van der Waals surface area contributed by atoms with E-state index in [4.69, 9.17) is 17.3 Å². The van der Waals surface area contributed by atoms with Gasteiger partial charge in [-0.3, -0.25) is 4.79 Å². The summed E-state index contributed by atoms with van der Waals surface area (Å²) in [4.78, 5) is 14.1. The molecule has 0 saturated heterocycles. The van der Waals surface area contributed by atoms with E-state index < -0.39 is 0 Å². The van der Waals surface area contributed by atoms with E-state index >= 15 is 0 Å². The van der Waals surface area contributed by atoms with Gasteiger partial charge in [0.25, 0.3) is 0 Å². The molecule has 2 N–H and O–H groups in total. The molecule has 3 nitrogen and oxygen atoms in total. The van der Waals surface area contributed by atoms with E-state index in [1.807, 2.05) is 36.1 Å². The van der Waals surface area contributed by atoms with E-state index in [9.17, 15) is 4.79 Å². The molecule has 1 aromatic rings. The third-order valence-corrected chi connectivity index (χ3v) is 3.80. The third-order valence-electron chi connectivity index (χ3n) is 3.43. The Kier molecular flexibility index (Phi) is 6.89. The number of nitrogens with two attached hydrogens (primary N) is 1. The molecule has 0 aliphatic heterocycles. The predicted molar refractivity (Wildman–Crippen MR) is 80.0 cm³/mol. The Morgan fingerprint density at radius 2 is 2.05 bits per heavy atom. The van der Waals surface area contributed by atoms with Crippen LogP contribution in [-0.4, -0.2) is 23.9 Å². The molecule has 106 valence electrons. The van der Waals surface area contributed by atoms with E-state index in [-0.39, 0.29) is 11.8 Å². The number of hydrogen-bond acceptors (Lipinski definition) is 2. The summed E-state index contributed by atoms with van der Waals surface area (Å²) in [6, 6.07) is 7.64. The van der Waals surface area contributed by atoms with Gasteiger partial charge in [0, 0.05) is 24.5 Å². The number of hydrogen-bond donors (Lipinski definition) is 1. The van der Waals surface area contributed by atoms with Crippen LogP contribution in [0.15, 0.2) is 24.3 Å². The molecule has 0 bridgehead atoms. The normalized spacial score (nSPS) is 12.2. The van der Waals surface area contributed by atoms with Gasteiger partial charge in [0.1, 0.15) is 0 Å². The Labute approximate surface area is 120 Å². The first-order chi connectivity index (χ1) is 9.12. The SMILES string of the molecule is CCC(CN)CC(=O)N(CC)Cc1ccccc1Cl.